The van der Waals surface area contributed by atoms with E-state index in [-0.39, 0.29) is 18.4 Å². The Labute approximate surface area is 200 Å². The second-order valence-corrected chi connectivity index (χ2v) is 8.40. The van der Waals surface area contributed by atoms with Crippen molar-refractivity contribution in [3.63, 3.8) is 0 Å². The average molecular weight is 508 g/mol. The number of esters is 1. The lowest BCUT2D eigenvalue weighted by molar-refractivity contribution is 0.0526. The van der Waals surface area contributed by atoms with Gasteiger partial charge in [0.1, 0.15) is 18.2 Å². The fraction of sp³-hybridized carbons (Fsp3) is 0.148. The molecule has 0 radical (unpaired) electrons. The summed E-state index contributed by atoms with van der Waals surface area (Å²) < 4.78 is 28.3. The van der Waals surface area contributed by atoms with Crippen LogP contribution in [-0.4, -0.2) is 17.1 Å². The van der Waals surface area contributed by atoms with E-state index in [4.69, 9.17) is 9.47 Å². The largest absolute Gasteiger partial charge is 0.488 e. The molecule has 4 rings (SSSR count). The van der Waals surface area contributed by atoms with E-state index in [1.54, 1.807) is 31.2 Å². The van der Waals surface area contributed by atoms with Gasteiger partial charge in [-0.1, -0.05) is 40.2 Å². The molecular formula is C27H23BrFNO3. The van der Waals surface area contributed by atoms with E-state index in [0.717, 1.165) is 27.1 Å². The van der Waals surface area contributed by atoms with Crippen LogP contribution >= 0.6 is 15.9 Å². The molecule has 168 valence electrons. The van der Waals surface area contributed by atoms with Crippen LogP contribution in [0.5, 0.6) is 5.75 Å². The van der Waals surface area contributed by atoms with Crippen molar-refractivity contribution in [1.29, 1.82) is 0 Å². The zero-order chi connectivity index (χ0) is 23.4. The van der Waals surface area contributed by atoms with Crippen LogP contribution in [0.25, 0.3) is 16.9 Å². The lowest BCUT2D eigenvalue weighted by atomic mass is 10.1. The molecule has 0 bridgehead atoms. The maximum Gasteiger partial charge on any atom is 0.338 e. The van der Waals surface area contributed by atoms with E-state index in [2.05, 4.69) is 20.5 Å². The lowest BCUT2D eigenvalue weighted by Crippen LogP contribution is -2.07. The van der Waals surface area contributed by atoms with E-state index in [1.807, 2.05) is 55.5 Å². The summed E-state index contributed by atoms with van der Waals surface area (Å²) in [7, 11) is 0. The Morgan fingerprint density at radius 3 is 2.61 bits per heavy atom. The van der Waals surface area contributed by atoms with Crippen LogP contribution in [0, 0.1) is 12.7 Å². The van der Waals surface area contributed by atoms with Gasteiger partial charge in [-0.3, -0.25) is 0 Å². The number of halogens is 2. The third-order valence-corrected chi connectivity index (χ3v) is 5.74. The standard InChI is InChI=1S/C27H23BrFNO3/c1-3-32-27(31)19-8-6-9-22(15-19)30-18(2)11-13-25(30)23-16-21(28)12-14-26(23)33-17-20-7-4-5-10-24(20)29/h4-16H,3,17H2,1-2H3. The number of nitrogens with zero attached hydrogens (tertiary/aromatic N) is 1. The SMILES string of the molecule is CCOC(=O)c1cccc(-n2c(C)ccc2-c2cc(Br)ccc2OCc2ccccc2F)c1. The Kier molecular flexibility index (Phi) is 6.94. The Bertz CT molecular complexity index is 1300. The van der Waals surface area contributed by atoms with Gasteiger partial charge in [0.05, 0.1) is 17.9 Å². The summed E-state index contributed by atoms with van der Waals surface area (Å²) >= 11 is 3.55. The monoisotopic (exact) mass is 507 g/mol. The van der Waals surface area contributed by atoms with E-state index in [9.17, 15) is 9.18 Å². The highest BCUT2D eigenvalue weighted by Crippen LogP contribution is 2.36. The number of aryl methyl sites for hydroxylation is 1. The van der Waals surface area contributed by atoms with Crippen LogP contribution < -0.4 is 4.74 Å². The maximum atomic E-state index is 14.1. The Balaban J connectivity index is 1.74. The first-order valence-electron chi connectivity index (χ1n) is 10.6. The van der Waals surface area contributed by atoms with Gasteiger partial charge in [0.2, 0.25) is 0 Å². The van der Waals surface area contributed by atoms with Gasteiger partial charge in [-0.2, -0.15) is 0 Å². The second-order valence-electron chi connectivity index (χ2n) is 7.49. The van der Waals surface area contributed by atoms with Gasteiger partial charge in [0.25, 0.3) is 0 Å². The summed E-state index contributed by atoms with van der Waals surface area (Å²) in [6.07, 6.45) is 0. The molecule has 0 unspecified atom stereocenters. The lowest BCUT2D eigenvalue weighted by Gasteiger charge is -2.17. The minimum atomic E-state index is -0.359. The fourth-order valence-corrected chi connectivity index (χ4v) is 4.04. The number of hydrogen-bond donors (Lipinski definition) is 0. The molecule has 0 aliphatic carbocycles. The molecule has 4 aromatic rings. The van der Waals surface area contributed by atoms with Gasteiger partial charge < -0.3 is 14.0 Å². The summed E-state index contributed by atoms with van der Waals surface area (Å²) in [5.41, 5.74) is 4.52. The predicted molar refractivity (Wildman–Crippen MR) is 130 cm³/mol. The van der Waals surface area contributed by atoms with Gasteiger partial charge >= 0.3 is 5.97 Å². The van der Waals surface area contributed by atoms with Crippen molar-refractivity contribution in [3.05, 3.63) is 106 Å². The first kappa shape index (κ1) is 22.8. The smallest absolute Gasteiger partial charge is 0.338 e. The molecule has 3 aromatic carbocycles. The molecule has 0 amide bonds. The number of hydrogen-bond acceptors (Lipinski definition) is 3. The van der Waals surface area contributed by atoms with E-state index < -0.39 is 0 Å². The minimum absolute atomic E-state index is 0.110. The molecule has 6 heteroatoms. The molecule has 0 N–H and O–H groups in total. The van der Waals surface area contributed by atoms with Crippen molar-refractivity contribution >= 4 is 21.9 Å². The number of rotatable bonds is 7. The molecule has 33 heavy (non-hydrogen) atoms. The molecule has 1 heterocycles. The van der Waals surface area contributed by atoms with Gasteiger partial charge in [-0.05, 0) is 68.4 Å². The Hall–Kier alpha value is -3.38. The molecule has 0 fully saturated rings. The average Bonchev–Trinajstić information content (AvgIpc) is 3.20. The highest BCUT2D eigenvalue weighted by Gasteiger charge is 2.17. The Morgan fingerprint density at radius 1 is 1.00 bits per heavy atom. The van der Waals surface area contributed by atoms with Crippen LogP contribution in [0.1, 0.15) is 28.5 Å². The molecule has 1 aromatic heterocycles. The van der Waals surface area contributed by atoms with Crippen LogP contribution in [0.15, 0.2) is 83.3 Å². The van der Waals surface area contributed by atoms with Gasteiger partial charge in [-0.15, -0.1) is 0 Å². The molecule has 0 aliphatic heterocycles. The highest BCUT2D eigenvalue weighted by molar-refractivity contribution is 9.10. The van der Waals surface area contributed by atoms with Crippen molar-refractivity contribution in [3.8, 4) is 22.7 Å². The highest BCUT2D eigenvalue weighted by atomic mass is 79.9. The number of carbonyl (C=O) groups excluding carboxylic acids is 1. The van der Waals surface area contributed by atoms with Crippen molar-refractivity contribution in [2.24, 2.45) is 0 Å². The third-order valence-electron chi connectivity index (χ3n) is 5.25. The maximum absolute atomic E-state index is 14.1. The number of benzene rings is 3. The van der Waals surface area contributed by atoms with E-state index >= 15 is 0 Å². The van der Waals surface area contributed by atoms with Crippen LogP contribution in [0.2, 0.25) is 0 Å². The van der Waals surface area contributed by atoms with Crippen molar-refractivity contribution in [1.82, 2.24) is 4.57 Å². The summed E-state index contributed by atoms with van der Waals surface area (Å²) in [6.45, 7) is 4.21. The van der Waals surface area contributed by atoms with Crippen LogP contribution in [0.3, 0.4) is 0 Å². The molecule has 0 saturated heterocycles. The van der Waals surface area contributed by atoms with Crippen molar-refractivity contribution in [2.75, 3.05) is 6.61 Å². The summed E-state index contributed by atoms with van der Waals surface area (Å²) in [5, 5.41) is 0. The molecule has 0 atom stereocenters. The van der Waals surface area contributed by atoms with Gasteiger partial charge in [0, 0.05) is 27.0 Å². The van der Waals surface area contributed by atoms with Gasteiger partial charge in [0.15, 0.2) is 0 Å². The quantitative estimate of drug-likeness (QED) is 0.250. The Morgan fingerprint density at radius 2 is 1.82 bits per heavy atom. The zero-order valence-corrected chi connectivity index (χ0v) is 19.9. The van der Waals surface area contributed by atoms with Gasteiger partial charge in [-0.25, -0.2) is 9.18 Å². The molecule has 0 aliphatic rings. The normalized spacial score (nSPS) is 10.8. The van der Waals surface area contributed by atoms with Crippen LogP contribution in [-0.2, 0) is 11.3 Å². The van der Waals surface area contributed by atoms with Crippen LogP contribution in [0.4, 0.5) is 4.39 Å². The topological polar surface area (TPSA) is 40.5 Å². The fourth-order valence-electron chi connectivity index (χ4n) is 3.68. The second kappa shape index (κ2) is 10.0. The number of ether oxygens (including phenoxy) is 2. The predicted octanol–water partition coefficient (Wildman–Crippen LogP) is 7.11. The third kappa shape index (κ3) is 5.01. The van der Waals surface area contributed by atoms with E-state index in [1.165, 1.54) is 6.07 Å². The molecule has 0 spiro atoms. The summed E-state index contributed by atoms with van der Waals surface area (Å²) in [6, 6.07) is 23.6. The molecule has 4 nitrogen and oxygen atoms in total. The molecule has 0 saturated carbocycles. The minimum Gasteiger partial charge on any atom is -0.488 e. The van der Waals surface area contributed by atoms with E-state index in [0.29, 0.717) is 23.5 Å². The first-order valence-corrected chi connectivity index (χ1v) is 11.4. The summed E-state index contributed by atoms with van der Waals surface area (Å²) in [4.78, 5) is 12.3. The summed E-state index contributed by atoms with van der Waals surface area (Å²) in [5.74, 6) is -0.0319. The first-order chi connectivity index (χ1) is 16.0. The number of carbonyl (C=O) groups is 1. The zero-order valence-electron chi connectivity index (χ0n) is 18.3. The van der Waals surface area contributed by atoms with Crippen molar-refractivity contribution < 1.29 is 18.7 Å². The number of aromatic nitrogens is 1. The van der Waals surface area contributed by atoms with Crippen molar-refractivity contribution in [2.45, 2.75) is 20.5 Å². The molecular weight excluding hydrogens is 485 g/mol.